The Kier molecular flexibility index (Phi) is 5.31. The Morgan fingerprint density at radius 3 is 2.42 bits per heavy atom. The van der Waals surface area contributed by atoms with Crippen LogP contribution in [-0.2, 0) is 19.7 Å². The fourth-order valence-electron chi connectivity index (χ4n) is 3.40. The fraction of sp³-hybridized carbons (Fsp3) is 0.579. The first kappa shape index (κ1) is 18.4. The van der Waals surface area contributed by atoms with E-state index in [-0.39, 0.29) is 18.3 Å². The summed E-state index contributed by atoms with van der Waals surface area (Å²) in [5.74, 6) is -0.927. The molecule has 0 N–H and O–H groups in total. The van der Waals surface area contributed by atoms with Crippen LogP contribution in [0.4, 0.5) is 4.39 Å². The van der Waals surface area contributed by atoms with Gasteiger partial charge in [0.05, 0.1) is 5.41 Å². The molecule has 1 fully saturated rings. The smallest absolute Gasteiger partial charge is 0.326 e. The van der Waals surface area contributed by atoms with Crippen LogP contribution in [0.25, 0.3) is 0 Å². The molecule has 0 heterocycles. The molecule has 132 valence electrons. The first-order valence-electron chi connectivity index (χ1n) is 8.37. The van der Waals surface area contributed by atoms with Gasteiger partial charge in [-0.05, 0) is 51.3 Å². The lowest BCUT2D eigenvalue weighted by atomic mass is 9.77. The van der Waals surface area contributed by atoms with E-state index in [0.717, 1.165) is 12.8 Å². The summed E-state index contributed by atoms with van der Waals surface area (Å²) in [7, 11) is 1.60. The van der Waals surface area contributed by atoms with Gasteiger partial charge in [-0.25, -0.2) is 4.39 Å². The first-order valence-corrected chi connectivity index (χ1v) is 8.37. The Morgan fingerprint density at radius 1 is 1.25 bits per heavy atom. The number of amides is 1. The van der Waals surface area contributed by atoms with Crippen molar-refractivity contribution in [2.24, 2.45) is 0 Å². The molecular formula is C19H26FNO3. The summed E-state index contributed by atoms with van der Waals surface area (Å²) in [6, 6.07) is 6.24. The molecule has 1 aliphatic rings. The Balaban J connectivity index is 2.19. The highest BCUT2D eigenvalue weighted by Gasteiger charge is 2.44. The van der Waals surface area contributed by atoms with E-state index in [1.54, 1.807) is 40.0 Å². The summed E-state index contributed by atoms with van der Waals surface area (Å²) in [4.78, 5) is 26.5. The summed E-state index contributed by atoms with van der Waals surface area (Å²) in [5, 5.41) is 0. The van der Waals surface area contributed by atoms with Gasteiger partial charge in [0.25, 0.3) is 0 Å². The van der Waals surface area contributed by atoms with Crippen LogP contribution in [0.1, 0.15) is 52.0 Å². The lowest BCUT2D eigenvalue weighted by molar-refractivity contribution is -0.159. The molecule has 0 unspecified atom stereocenters. The van der Waals surface area contributed by atoms with Crippen molar-refractivity contribution in [3.05, 3.63) is 35.6 Å². The second kappa shape index (κ2) is 6.91. The van der Waals surface area contributed by atoms with Gasteiger partial charge >= 0.3 is 5.97 Å². The second-order valence-corrected chi connectivity index (χ2v) is 7.55. The van der Waals surface area contributed by atoms with Crippen molar-refractivity contribution in [1.82, 2.24) is 4.90 Å². The average Bonchev–Trinajstić information content (AvgIpc) is 2.95. The number of rotatable bonds is 4. The zero-order chi connectivity index (χ0) is 18.0. The molecule has 4 nitrogen and oxygen atoms in total. The van der Waals surface area contributed by atoms with Crippen LogP contribution in [-0.4, -0.2) is 36.0 Å². The number of nitrogens with zero attached hydrogens (tertiary/aromatic N) is 1. The third-order valence-corrected chi connectivity index (χ3v) is 4.38. The van der Waals surface area contributed by atoms with Crippen LogP contribution in [0.3, 0.4) is 0 Å². The highest BCUT2D eigenvalue weighted by atomic mass is 19.1. The van der Waals surface area contributed by atoms with Crippen molar-refractivity contribution in [3.63, 3.8) is 0 Å². The summed E-state index contributed by atoms with van der Waals surface area (Å²) < 4.78 is 18.9. The minimum absolute atomic E-state index is 0.104. The van der Waals surface area contributed by atoms with Gasteiger partial charge in [-0.3, -0.25) is 9.59 Å². The number of ether oxygens (including phenoxy) is 1. The zero-order valence-corrected chi connectivity index (χ0v) is 14.9. The topological polar surface area (TPSA) is 46.6 Å². The van der Waals surface area contributed by atoms with Gasteiger partial charge in [0, 0.05) is 7.05 Å². The molecule has 0 atom stereocenters. The van der Waals surface area contributed by atoms with E-state index in [4.69, 9.17) is 4.74 Å². The summed E-state index contributed by atoms with van der Waals surface area (Å²) in [5.41, 5.74) is -0.631. The number of hydrogen-bond donors (Lipinski definition) is 0. The monoisotopic (exact) mass is 335 g/mol. The molecule has 1 amide bonds. The molecule has 0 spiro atoms. The van der Waals surface area contributed by atoms with E-state index in [1.807, 2.05) is 0 Å². The second-order valence-electron chi connectivity index (χ2n) is 7.55. The molecule has 0 radical (unpaired) electrons. The van der Waals surface area contributed by atoms with E-state index in [1.165, 1.54) is 17.0 Å². The Hall–Kier alpha value is -1.91. The molecule has 1 aromatic carbocycles. The van der Waals surface area contributed by atoms with Crippen LogP contribution in [0.5, 0.6) is 0 Å². The standard InChI is InChI=1S/C19H26FNO3/c1-18(2,3)24-16(22)13-21(4)17(23)19(10-5-6-11-19)14-8-7-9-15(20)12-14/h7-9,12H,5-6,10-11,13H2,1-4H3. The number of halogens is 1. The normalized spacial score (nSPS) is 16.7. The third kappa shape index (κ3) is 4.13. The minimum Gasteiger partial charge on any atom is -0.459 e. The van der Waals surface area contributed by atoms with E-state index in [2.05, 4.69) is 0 Å². The largest absolute Gasteiger partial charge is 0.459 e. The molecule has 0 aliphatic heterocycles. The molecule has 1 saturated carbocycles. The quantitative estimate of drug-likeness (QED) is 0.792. The number of likely N-dealkylation sites (N-methyl/N-ethyl adjacent to an activating group) is 1. The number of esters is 1. The molecule has 0 bridgehead atoms. The van der Waals surface area contributed by atoms with Crippen molar-refractivity contribution in [3.8, 4) is 0 Å². The predicted molar refractivity (Wildman–Crippen MR) is 90.0 cm³/mol. The van der Waals surface area contributed by atoms with Gasteiger partial charge in [0.1, 0.15) is 18.0 Å². The Morgan fingerprint density at radius 2 is 1.88 bits per heavy atom. The van der Waals surface area contributed by atoms with Gasteiger partial charge in [0.15, 0.2) is 0 Å². The molecule has 24 heavy (non-hydrogen) atoms. The van der Waals surface area contributed by atoms with Crippen molar-refractivity contribution in [1.29, 1.82) is 0 Å². The van der Waals surface area contributed by atoms with Gasteiger partial charge < -0.3 is 9.64 Å². The third-order valence-electron chi connectivity index (χ3n) is 4.38. The number of carbonyl (C=O) groups is 2. The van der Waals surface area contributed by atoms with E-state index < -0.39 is 17.0 Å². The molecule has 5 heteroatoms. The molecular weight excluding hydrogens is 309 g/mol. The van der Waals surface area contributed by atoms with Gasteiger partial charge in [0.2, 0.25) is 5.91 Å². The van der Waals surface area contributed by atoms with E-state index in [9.17, 15) is 14.0 Å². The summed E-state index contributed by atoms with van der Waals surface area (Å²) >= 11 is 0. The van der Waals surface area contributed by atoms with Crippen LogP contribution in [0.2, 0.25) is 0 Å². The molecule has 2 rings (SSSR count). The highest BCUT2D eigenvalue weighted by molar-refractivity contribution is 5.91. The molecule has 1 aliphatic carbocycles. The number of carbonyl (C=O) groups excluding carboxylic acids is 2. The lowest BCUT2D eigenvalue weighted by Gasteiger charge is -2.33. The number of benzene rings is 1. The summed E-state index contributed by atoms with van der Waals surface area (Å²) in [6.45, 7) is 5.26. The first-order chi connectivity index (χ1) is 11.1. The Labute approximate surface area is 143 Å². The minimum atomic E-state index is -0.737. The van der Waals surface area contributed by atoms with Crippen LogP contribution in [0, 0.1) is 5.82 Å². The van der Waals surface area contributed by atoms with Crippen LogP contribution >= 0.6 is 0 Å². The maximum absolute atomic E-state index is 13.7. The maximum atomic E-state index is 13.7. The highest BCUT2D eigenvalue weighted by Crippen LogP contribution is 2.42. The summed E-state index contributed by atoms with van der Waals surface area (Å²) in [6.07, 6.45) is 3.19. The van der Waals surface area contributed by atoms with Crippen molar-refractivity contribution < 1.29 is 18.7 Å². The van der Waals surface area contributed by atoms with E-state index in [0.29, 0.717) is 18.4 Å². The zero-order valence-electron chi connectivity index (χ0n) is 14.9. The van der Waals surface area contributed by atoms with Gasteiger partial charge in [-0.2, -0.15) is 0 Å². The molecule has 0 saturated heterocycles. The van der Waals surface area contributed by atoms with Crippen LogP contribution < -0.4 is 0 Å². The lowest BCUT2D eigenvalue weighted by Crippen LogP contribution is -2.46. The maximum Gasteiger partial charge on any atom is 0.326 e. The molecule has 1 aromatic rings. The SMILES string of the molecule is CN(CC(=O)OC(C)(C)C)C(=O)C1(c2cccc(F)c2)CCCC1. The predicted octanol–water partition coefficient (Wildman–Crippen LogP) is 3.44. The molecule has 0 aromatic heterocycles. The average molecular weight is 335 g/mol. The Bertz CT molecular complexity index is 615. The van der Waals surface area contributed by atoms with Crippen LogP contribution in [0.15, 0.2) is 24.3 Å². The van der Waals surface area contributed by atoms with Gasteiger partial charge in [-0.15, -0.1) is 0 Å². The van der Waals surface area contributed by atoms with Crippen molar-refractivity contribution in [2.45, 2.75) is 57.5 Å². The fourth-order valence-corrected chi connectivity index (χ4v) is 3.40. The number of hydrogen-bond acceptors (Lipinski definition) is 3. The van der Waals surface area contributed by atoms with E-state index >= 15 is 0 Å². The van der Waals surface area contributed by atoms with Crippen molar-refractivity contribution >= 4 is 11.9 Å². The van der Waals surface area contributed by atoms with Crippen molar-refractivity contribution in [2.75, 3.05) is 13.6 Å². The van der Waals surface area contributed by atoms with Gasteiger partial charge in [-0.1, -0.05) is 25.0 Å².